The molecule has 0 bridgehead atoms. The summed E-state index contributed by atoms with van der Waals surface area (Å²) in [5.74, 6) is -1.03. The van der Waals surface area contributed by atoms with Gasteiger partial charge in [-0.3, -0.25) is 4.79 Å². The minimum absolute atomic E-state index is 0.209. The van der Waals surface area contributed by atoms with Crippen LogP contribution in [-0.4, -0.2) is 17.1 Å². The Kier molecular flexibility index (Phi) is 4.00. The van der Waals surface area contributed by atoms with Gasteiger partial charge in [0.05, 0.1) is 0 Å². The molecule has 1 unspecified atom stereocenters. The van der Waals surface area contributed by atoms with E-state index in [1.165, 1.54) is 6.08 Å². The quantitative estimate of drug-likeness (QED) is 0.602. The molecule has 0 aliphatic heterocycles. The third kappa shape index (κ3) is 3.16. The highest BCUT2D eigenvalue weighted by Crippen LogP contribution is 2.11. The van der Waals surface area contributed by atoms with Crippen molar-refractivity contribution in [3.63, 3.8) is 0 Å². The summed E-state index contributed by atoms with van der Waals surface area (Å²) in [6.45, 7) is 10.7. The van der Waals surface area contributed by atoms with Crippen LogP contribution in [0.15, 0.2) is 37.0 Å². The molecule has 0 radical (unpaired) electrons. The molecule has 0 aromatic heterocycles. The average Bonchev–Trinajstić information content (AvgIpc) is 2.02. The minimum atomic E-state index is -1.03. The Morgan fingerprint density at radius 1 is 1.58 bits per heavy atom. The molecule has 3 heteroatoms. The lowest BCUT2D eigenvalue weighted by molar-refractivity contribution is -0.138. The Balaban J connectivity index is 4.10. The van der Waals surface area contributed by atoms with Crippen LogP contribution in [0.4, 0.5) is 0 Å². The Morgan fingerprint density at radius 2 is 2.08 bits per heavy atom. The molecule has 0 saturated heterocycles. The molecule has 66 valence electrons. The predicted octanol–water partition coefficient (Wildman–Crippen LogP) is 1.09. The third-order valence-electron chi connectivity index (χ3n) is 1.48. The standard InChI is InChI=1S/C9H13NO2/c1-4-6(2)7(3)5-8(10)9(11)12/h4,8H,1-3,5,10H2,(H,11,12). The zero-order valence-electron chi connectivity index (χ0n) is 6.92. The normalized spacial score (nSPS) is 11.8. The topological polar surface area (TPSA) is 63.3 Å². The van der Waals surface area contributed by atoms with Gasteiger partial charge in [-0.15, -0.1) is 0 Å². The van der Waals surface area contributed by atoms with Crippen molar-refractivity contribution in [2.75, 3.05) is 0 Å². The first kappa shape index (κ1) is 10.7. The third-order valence-corrected chi connectivity index (χ3v) is 1.48. The van der Waals surface area contributed by atoms with Crippen LogP contribution in [-0.2, 0) is 4.79 Å². The number of carbonyl (C=O) groups is 1. The summed E-state index contributed by atoms with van der Waals surface area (Å²) in [5, 5.41) is 8.46. The van der Waals surface area contributed by atoms with Gasteiger partial charge < -0.3 is 10.8 Å². The predicted molar refractivity (Wildman–Crippen MR) is 48.7 cm³/mol. The fourth-order valence-electron chi connectivity index (χ4n) is 0.628. The fourth-order valence-corrected chi connectivity index (χ4v) is 0.628. The molecule has 0 amide bonds. The van der Waals surface area contributed by atoms with E-state index in [0.717, 1.165) is 0 Å². The number of hydrogen-bond acceptors (Lipinski definition) is 2. The maximum absolute atomic E-state index is 10.3. The molecule has 3 N–H and O–H groups in total. The lowest BCUT2D eigenvalue weighted by atomic mass is 10.0. The van der Waals surface area contributed by atoms with E-state index < -0.39 is 12.0 Å². The fraction of sp³-hybridized carbons (Fsp3) is 0.222. The molecule has 0 spiro atoms. The zero-order chi connectivity index (χ0) is 9.72. The van der Waals surface area contributed by atoms with Gasteiger partial charge in [-0.2, -0.15) is 0 Å². The highest BCUT2D eigenvalue weighted by Gasteiger charge is 2.12. The lowest BCUT2D eigenvalue weighted by Gasteiger charge is -2.08. The zero-order valence-corrected chi connectivity index (χ0v) is 6.92. The van der Waals surface area contributed by atoms with Crippen molar-refractivity contribution in [3.05, 3.63) is 37.0 Å². The largest absolute Gasteiger partial charge is 0.480 e. The molecule has 12 heavy (non-hydrogen) atoms. The number of nitrogens with two attached hydrogens (primary N) is 1. The van der Waals surface area contributed by atoms with Crippen molar-refractivity contribution in [3.8, 4) is 0 Å². The summed E-state index contributed by atoms with van der Waals surface area (Å²) < 4.78 is 0. The van der Waals surface area contributed by atoms with Crippen molar-refractivity contribution in [1.29, 1.82) is 0 Å². The number of hydrogen-bond donors (Lipinski definition) is 2. The molecule has 0 rings (SSSR count). The molecule has 1 atom stereocenters. The number of rotatable bonds is 5. The first-order chi connectivity index (χ1) is 5.49. The van der Waals surface area contributed by atoms with Crippen LogP contribution < -0.4 is 5.73 Å². The number of allylic oxidation sites excluding steroid dienone is 2. The minimum Gasteiger partial charge on any atom is -0.480 e. The van der Waals surface area contributed by atoms with E-state index in [1.807, 2.05) is 0 Å². The van der Waals surface area contributed by atoms with E-state index in [4.69, 9.17) is 10.8 Å². The first-order valence-corrected chi connectivity index (χ1v) is 3.47. The molecule has 0 saturated carbocycles. The van der Waals surface area contributed by atoms with Gasteiger partial charge in [0.15, 0.2) is 0 Å². The smallest absolute Gasteiger partial charge is 0.320 e. The van der Waals surface area contributed by atoms with Gasteiger partial charge in [0.1, 0.15) is 6.04 Å². The van der Waals surface area contributed by atoms with Crippen LogP contribution in [0, 0.1) is 0 Å². The highest BCUT2D eigenvalue weighted by molar-refractivity contribution is 5.73. The van der Waals surface area contributed by atoms with Crippen LogP contribution in [0.25, 0.3) is 0 Å². The number of carboxylic acid groups (broad SMARTS) is 1. The molecule has 0 aromatic carbocycles. The van der Waals surface area contributed by atoms with Crippen LogP contribution in [0.5, 0.6) is 0 Å². The van der Waals surface area contributed by atoms with Gasteiger partial charge in [0.25, 0.3) is 0 Å². The van der Waals surface area contributed by atoms with E-state index in [-0.39, 0.29) is 6.42 Å². The molecular formula is C9H13NO2. The van der Waals surface area contributed by atoms with Crippen molar-refractivity contribution < 1.29 is 9.90 Å². The van der Waals surface area contributed by atoms with E-state index in [0.29, 0.717) is 11.1 Å². The Morgan fingerprint density at radius 3 is 2.42 bits per heavy atom. The van der Waals surface area contributed by atoms with Crippen molar-refractivity contribution in [1.82, 2.24) is 0 Å². The second-order valence-corrected chi connectivity index (χ2v) is 2.48. The van der Waals surface area contributed by atoms with Gasteiger partial charge in [0.2, 0.25) is 0 Å². The molecular weight excluding hydrogens is 154 g/mol. The van der Waals surface area contributed by atoms with E-state index in [9.17, 15) is 4.79 Å². The SMILES string of the molecule is C=CC(=C)C(=C)CC(N)C(=O)O. The maximum atomic E-state index is 10.3. The van der Waals surface area contributed by atoms with Crippen LogP contribution >= 0.6 is 0 Å². The van der Waals surface area contributed by atoms with Gasteiger partial charge in [0, 0.05) is 0 Å². The molecule has 0 aliphatic rings. The maximum Gasteiger partial charge on any atom is 0.320 e. The van der Waals surface area contributed by atoms with Gasteiger partial charge in [-0.1, -0.05) is 25.8 Å². The number of aliphatic carboxylic acids is 1. The van der Waals surface area contributed by atoms with Crippen LogP contribution in [0.1, 0.15) is 6.42 Å². The molecule has 0 heterocycles. The van der Waals surface area contributed by atoms with Crippen molar-refractivity contribution in [2.24, 2.45) is 5.73 Å². The number of carboxylic acids is 1. The van der Waals surface area contributed by atoms with Crippen molar-refractivity contribution in [2.45, 2.75) is 12.5 Å². The first-order valence-electron chi connectivity index (χ1n) is 3.47. The van der Waals surface area contributed by atoms with E-state index in [2.05, 4.69) is 19.7 Å². The molecule has 3 nitrogen and oxygen atoms in total. The average molecular weight is 167 g/mol. The lowest BCUT2D eigenvalue weighted by Crippen LogP contribution is -2.30. The van der Waals surface area contributed by atoms with Gasteiger partial charge >= 0.3 is 5.97 Å². The Hall–Kier alpha value is -1.35. The van der Waals surface area contributed by atoms with Crippen LogP contribution in [0.3, 0.4) is 0 Å². The summed E-state index contributed by atoms with van der Waals surface area (Å²) in [6, 6.07) is -0.908. The second-order valence-electron chi connectivity index (χ2n) is 2.48. The summed E-state index contributed by atoms with van der Waals surface area (Å²) in [5.41, 5.74) is 6.52. The molecule has 0 aliphatic carbocycles. The summed E-state index contributed by atoms with van der Waals surface area (Å²) in [6.07, 6.45) is 1.73. The monoisotopic (exact) mass is 167 g/mol. The van der Waals surface area contributed by atoms with Gasteiger partial charge in [-0.05, 0) is 17.6 Å². The van der Waals surface area contributed by atoms with Crippen LogP contribution in [0.2, 0.25) is 0 Å². The highest BCUT2D eigenvalue weighted by atomic mass is 16.4. The summed E-state index contributed by atoms with van der Waals surface area (Å²) in [4.78, 5) is 10.3. The summed E-state index contributed by atoms with van der Waals surface area (Å²) >= 11 is 0. The van der Waals surface area contributed by atoms with E-state index >= 15 is 0 Å². The van der Waals surface area contributed by atoms with Gasteiger partial charge in [-0.25, -0.2) is 0 Å². The molecule has 0 aromatic rings. The Bertz CT molecular complexity index is 231. The Labute approximate surface area is 71.9 Å². The molecule has 0 fully saturated rings. The second kappa shape index (κ2) is 4.51. The van der Waals surface area contributed by atoms with Crippen molar-refractivity contribution >= 4 is 5.97 Å². The van der Waals surface area contributed by atoms with E-state index in [1.54, 1.807) is 0 Å². The summed E-state index contributed by atoms with van der Waals surface area (Å²) in [7, 11) is 0.